The molecule has 1 heterocycles. The third kappa shape index (κ3) is 4.42. The maximum Gasteiger partial charge on any atom is 0.0568 e. The van der Waals surface area contributed by atoms with Crippen molar-refractivity contribution in [2.45, 2.75) is 65.5 Å². The Labute approximate surface area is 101 Å². The number of nitrogens with one attached hydrogen (secondary N) is 1. The molecule has 1 aliphatic heterocycles. The van der Waals surface area contributed by atoms with Crippen molar-refractivity contribution in [3.63, 3.8) is 0 Å². The minimum absolute atomic E-state index is 0.119. The molecule has 4 atom stereocenters. The highest BCUT2D eigenvalue weighted by Crippen LogP contribution is 2.27. The molecule has 96 valence electrons. The zero-order valence-electron chi connectivity index (χ0n) is 11.6. The summed E-state index contributed by atoms with van der Waals surface area (Å²) in [5, 5.41) is 13.8. The third-order valence-corrected chi connectivity index (χ3v) is 3.86. The lowest BCUT2D eigenvalue weighted by molar-refractivity contribution is 0.0681. The Kier molecular flexibility index (Phi) is 4.81. The van der Waals surface area contributed by atoms with E-state index in [-0.39, 0.29) is 11.6 Å². The van der Waals surface area contributed by atoms with E-state index in [1.807, 2.05) is 0 Å². The summed E-state index contributed by atoms with van der Waals surface area (Å²) in [6.45, 7) is 12.3. The molecular weight excluding hydrogens is 198 g/mol. The van der Waals surface area contributed by atoms with Gasteiger partial charge >= 0.3 is 0 Å². The van der Waals surface area contributed by atoms with Gasteiger partial charge in [0.2, 0.25) is 0 Å². The number of hydrogen-bond donors (Lipinski definition) is 2. The van der Waals surface area contributed by atoms with Gasteiger partial charge in [-0.05, 0) is 57.4 Å². The van der Waals surface area contributed by atoms with E-state index < -0.39 is 0 Å². The first-order chi connectivity index (χ1) is 7.30. The van der Waals surface area contributed by atoms with Crippen LogP contribution in [0.5, 0.6) is 0 Å². The smallest absolute Gasteiger partial charge is 0.0568 e. The molecule has 2 N–H and O–H groups in total. The van der Waals surface area contributed by atoms with Gasteiger partial charge in [-0.2, -0.15) is 0 Å². The molecule has 1 aliphatic rings. The molecule has 1 saturated heterocycles. The zero-order chi connectivity index (χ0) is 12.3. The van der Waals surface area contributed by atoms with Gasteiger partial charge in [-0.15, -0.1) is 0 Å². The molecule has 0 aromatic heterocycles. The van der Waals surface area contributed by atoms with Crippen LogP contribution in [0.2, 0.25) is 0 Å². The number of aliphatic hydroxyl groups excluding tert-OH is 1. The van der Waals surface area contributed by atoms with E-state index >= 15 is 0 Å². The van der Waals surface area contributed by atoms with Crippen molar-refractivity contribution < 1.29 is 5.11 Å². The van der Waals surface area contributed by atoms with Crippen molar-refractivity contribution in [1.29, 1.82) is 0 Å². The first-order valence-corrected chi connectivity index (χ1v) is 6.73. The number of hydrogen-bond acceptors (Lipinski definition) is 2. The standard InChI is InChI=1S/C14H29NO/c1-10-7-13(16)12(3)6-11(2)9-15-14(4,5)8-10/h10-13,15-16H,6-9H2,1-5H3. The number of aliphatic hydroxyl groups is 1. The van der Waals surface area contributed by atoms with E-state index in [9.17, 15) is 5.11 Å². The molecule has 0 saturated carbocycles. The summed E-state index contributed by atoms with van der Waals surface area (Å²) in [6, 6.07) is 0. The summed E-state index contributed by atoms with van der Waals surface area (Å²) in [7, 11) is 0. The molecule has 0 aliphatic carbocycles. The fourth-order valence-electron chi connectivity index (χ4n) is 3.00. The zero-order valence-corrected chi connectivity index (χ0v) is 11.6. The Hall–Kier alpha value is -0.0800. The molecule has 1 rings (SSSR count). The minimum Gasteiger partial charge on any atom is -0.393 e. The SMILES string of the molecule is CC1CNC(C)(C)CC(C)CC(O)C(C)C1. The summed E-state index contributed by atoms with van der Waals surface area (Å²) in [5.41, 5.74) is 0.202. The lowest BCUT2D eigenvalue weighted by Crippen LogP contribution is -2.44. The minimum atomic E-state index is -0.119. The van der Waals surface area contributed by atoms with Crippen molar-refractivity contribution in [2.24, 2.45) is 17.8 Å². The van der Waals surface area contributed by atoms with Crippen LogP contribution < -0.4 is 5.32 Å². The Morgan fingerprint density at radius 2 is 1.69 bits per heavy atom. The lowest BCUT2D eigenvalue weighted by atomic mass is 9.82. The van der Waals surface area contributed by atoms with Crippen LogP contribution in [0.1, 0.15) is 53.9 Å². The van der Waals surface area contributed by atoms with Crippen LogP contribution in [0.3, 0.4) is 0 Å². The second-order valence-corrected chi connectivity index (χ2v) is 6.70. The first kappa shape index (κ1) is 14.0. The van der Waals surface area contributed by atoms with Gasteiger partial charge < -0.3 is 10.4 Å². The molecular formula is C14H29NO. The average molecular weight is 227 g/mol. The molecule has 4 unspecified atom stereocenters. The third-order valence-electron chi connectivity index (χ3n) is 3.86. The van der Waals surface area contributed by atoms with E-state index in [0.717, 1.165) is 25.8 Å². The summed E-state index contributed by atoms with van der Waals surface area (Å²) >= 11 is 0. The molecule has 0 bridgehead atoms. The van der Waals surface area contributed by atoms with Crippen LogP contribution in [-0.2, 0) is 0 Å². The summed E-state index contributed by atoms with van der Waals surface area (Å²) < 4.78 is 0. The highest BCUT2D eigenvalue weighted by Gasteiger charge is 2.27. The highest BCUT2D eigenvalue weighted by molar-refractivity contribution is 4.84. The Morgan fingerprint density at radius 1 is 1.06 bits per heavy atom. The largest absolute Gasteiger partial charge is 0.393 e. The Balaban J connectivity index is 2.66. The topological polar surface area (TPSA) is 32.3 Å². The summed E-state index contributed by atoms with van der Waals surface area (Å²) in [6.07, 6.45) is 3.09. The number of rotatable bonds is 0. The van der Waals surface area contributed by atoms with E-state index in [4.69, 9.17) is 0 Å². The molecule has 0 aromatic carbocycles. The summed E-state index contributed by atoms with van der Waals surface area (Å²) in [5.74, 6) is 1.67. The molecule has 0 spiro atoms. The highest BCUT2D eigenvalue weighted by atomic mass is 16.3. The van der Waals surface area contributed by atoms with Gasteiger partial charge in [-0.25, -0.2) is 0 Å². The van der Waals surface area contributed by atoms with Crippen LogP contribution in [0.15, 0.2) is 0 Å². The van der Waals surface area contributed by atoms with Crippen LogP contribution in [0.25, 0.3) is 0 Å². The van der Waals surface area contributed by atoms with E-state index in [2.05, 4.69) is 39.9 Å². The van der Waals surface area contributed by atoms with Gasteiger partial charge in [-0.3, -0.25) is 0 Å². The fraction of sp³-hybridized carbons (Fsp3) is 1.00. The molecule has 0 radical (unpaired) electrons. The molecule has 2 nitrogen and oxygen atoms in total. The Bertz CT molecular complexity index is 215. The van der Waals surface area contributed by atoms with E-state index in [1.165, 1.54) is 0 Å². The van der Waals surface area contributed by atoms with Crippen molar-refractivity contribution in [1.82, 2.24) is 5.32 Å². The molecule has 0 amide bonds. The predicted octanol–water partition coefficient (Wildman–Crippen LogP) is 2.81. The van der Waals surface area contributed by atoms with E-state index in [0.29, 0.717) is 17.8 Å². The molecule has 16 heavy (non-hydrogen) atoms. The lowest BCUT2D eigenvalue weighted by Gasteiger charge is -2.35. The molecule has 0 aromatic rings. The molecule has 2 heteroatoms. The molecule has 1 fully saturated rings. The van der Waals surface area contributed by atoms with Crippen LogP contribution in [0, 0.1) is 17.8 Å². The first-order valence-electron chi connectivity index (χ1n) is 6.73. The van der Waals surface area contributed by atoms with Gasteiger partial charge in [0.1, 0.15) is 0 Å². The predicted molar refractivity (Wildman–Crippen MR) is 69.4 cm³/mol. The van der Waals surface area contributed by atoms with Crippen LogP contribution in [-0.4, -0.2) is 23.3 Å². The Morgan fingerprint density at radius 3 is 2.31 bits per heavy atom. The van der Waals surface area contributed by atoms with Gasteiger partial charge in [0.25, 0.3) is 0 Å². The monoisotopic (exact) mass is 227 g/mol. The second kappa shape index (κ2) is 5.50. The maximum absolute atomic E-state index is 10.1. The second-order valence-electron chi connectivity index (χ2n) is 6.70. The van der Waals surface area contributed by atoms with Crippen molar-refractivity contribution in [3.05, 3.63) is 0 Å². The fourth-order valence-corrected chi connectivity index (χ4v) is 3.00. The normalized spacial score (nSPS) is 41.6. The summed E-state index contributed by atoms with van der Waals surface area (Å²) in [4.78, 5) is 0. The van der Waals surface area contributed by atoms with Crippen molar-refractivity contribution in [2.75, 3.05) is 6.54 Å². The quantitative estimate of drug-likeness (QED) is 0.667. The average Bonchev–Trinajstić information content (AvgIpc) is 2.12. The van der Waals surface area contributed by atoms with Crippen molar-refractivity contribution in [3.8, 4) is 0 Å². The van der Waals surface area contributed by atoms with E-state index in [1.54, 1.807) is 0 Å². The maximum atomic E-state index is 10.1. The van der Waals surface area contributed by atoms with Crippen molar-refractivity contribution >= 4 is 0 Å². The van der Waals surface area contributed by atoms with Gasteiger partial charge in [0.15, 0.2) is 0 Å². The van der Waals surface area contributed by atoms with Crippen LogP contribution >= 0.6 is 0 Å². The van der Waals surface area contributed by atoms with Gasteiger partial charge in [0.05, 0.1) is 6.10 Å². The van der Waals surface area contributed by atoms with Gasteiger partial charge in [-0.1, -0.05) is 20.8 Å². The van der Waals surface area contributed by atoms with Crippen LogP contribution in [0.4, 0.5) is 0 Å². The van der Waals surface area contributed by atoms with Gasteiger partial charge in [0, 0.05) is 5.54 Å².